The van der Waals surface area contributed by atoms with Gasteiger partial charge in [0.1, 0.15) is 0 Å². The third kappa shape index (κ3) is 4.79. The summed E-state index contributed by atoms with van der Waals surface area (Å²) >= 11 is 9.54. The number of ether oxygens (including phenoxy) is 1. The van der Waals surface area contributed by atoms with Crippen LogP contribution in [-0.2, 0) is 13.2 Å². The number of anilines is 1. The van der Waals surface area contributed by atoms with Crippen molar-refractivity contribution in [1.29, 1.82) is 0 Å². The van der Waals surface area contributed by atoms with E-state index in [1.165, 1.54) is 18.3 Å². The van der Waals surface area contributed by atoms with E-state index in [4.69, 9.17) is 16.3 Å². The Bertz CT molecular complexity index is 1050. The van der Waals surface area contributed by atoms with Gasteiger partial charge in [-0.1, -0.05) is 39.7 Å². The number of para-hydroxylation sites is 1. The Morgan fingerprint density at radius 2 is 2.00 bits per heavy atom. The van der Waals surface area contributed by atoms with E-state index in [2.05, 4.69) is 26.3 Å². The molecule has 0 saturated carbocycles. The molecule has 0 bridgehead atoms. The van der Waals surface area contributed by atoms with Crippen LogP contribution in [0.3, 0.4) is 0 Å². The minimum absolute atomic E-state index is 0.125. The van der Waals surface area contributed by atoms with Gasteiger partial charge in [-0.05, 0) is 30.3 Å². The van der Waals surface area contributed by atoms with Crippen LogP contribution >= 0.6 is 27.5 Å². The lowest BCUT2D eigenvalue weighted by Gasteiger charge is -2.17. The lowest BCUT2D eigenvalue weighted by Crippen LogP contribution is -2.15. The second-order valence-corrected chi connectivity index (χ2v) is 7.42. The van der Waals surface area contributed by atoms with E-state index >= 15 is 0 Å². The van der Waals surface area contributed by atoms with Crippen LogP contribution in [-0.4, -0.2) is 27.6 Å². The standard InChI is InChI=1S/C20H16BrClF3N3O2/c1-28-17(15(22)11-26-28)14-6-3-7-16(18(14)30-9-8-21)27-19(29)12-4-2-5-13(10-12)20(23,24)25/h2-7,10-11H,8-9H2,1H3,(H,27,29). The van der Waals surface area contributed by atoms with E-state index in [0.29, 0.717) is 39.7 Å². The fraction of sp³-hybridized carbons (Fsp3) is 0.200. The van der Waals surface area contributed by atoms with Crippen LogP contribution in [0.15, 0.2) is 48.7 Å². The van der Waals surface area contributed by atoms with Gasteiger partial charge in [-0.15, -0.1) is 0 Å². The summed E-state index contributed by atoms with van der Waals surface area (Å²) in [5.74, 6) is -0.360. The van der Waals surface area contributed by atoms with Crippen molar-refractivity contribution < 1.29 is 22.7 Å². The molecule has 0 spiro atoms. The second kappa shape index (κ2) is 9.09. The topological polar surface area (TPSA) is 56.2 Å². The number of alkyl halides is 4. The van der Waals surface area contributed by atoms with Crippen LogP contribution in [0.25, 0.3) is 11.3 Å². The number of carbonyl (C=O) groups excluding carboxylic acids is 1. The highest BCUT2D eigenvalue weighted by atomic mass is 79.9. The summed E-state index contributed by atoms with van der Waals surface area (Å²) < 4.78 is 46.3. The van der Waals surface area contributed by atoms with Crippen LogP contribution in [0.1, 0.15) is 15.9 Å². The molecule has 3 aromatic rings. The van der Waals surface area contributed by atoms with Gasteiger partial charge in [0, 0.05) is 23.5 Å². The van der Waals surface area contributed by atoms with Crippen molar-refractivity contribution in [3.05, 3.63) is 64.8 Å². The molecule has 5 nitrogen and oxygen atoms in total. The van der Waals surface area contributed by atoms with E-state index in [1.54, 1.807) is 29.9 Å². The minimum atomic E-state index is -4.55. The largest absolute Gasteiger partial charge is 0.490 e. The van der Waals surface area contributed by atoms with E-state index in [1.807, 2.05) is 0 Å². The summed E-state index contributed by atoms with van der Waals surface area (Å²) in [6, 6.07) is 9.25. The van der Waals surface area contributed by atoms with Crippen LogP contribution in [0.4, 0.5) is 18.9 Å². The number of hydrogen-bond acceptors (Lipinski definition) is 3. The number of hydrogen-bond donors (Lipinski definition) is 1. The zero-order chi connectivity index (χ0) is 21.9. The molecule has 2 aromatic carbocycles. The van der Waals surface area contributed by atoms with Crippen molar-refractivity contribution in [3.63, 3.8) is 0 Å². The Hall–Kier alpha value is -2.52. The van der Waals surface area contributed by atoms with Crippen molar-refractivity contribution in [2.45, 2.75) is 6.18 Å². The zero-order valence-corrected chi connectivity index (χ0v) is 18.0. The Kier molecular flexibility index (Phi) is 6.72. The molecule has 3 rings (SSSR count). The number of aromatic nitrogens is 2. The van der Waals surface area contributed by atoms with Gasteiger partial charge in [-0.2, -0.15) is 18.3 Å². The van der Waals surface area contributed by atoms with Crippen molar-refractivity contribution in [2.75, 3.05) is 17.3 Å². The molecule has 0 aliphatic heterocycles. The third-order valence-corrected chi connectivity index (χ3v) is 4.79. The predicted octanol–water partition coefficient (Wildman–Crippen LogP) is 5.79. The molecule has 1 heterocycles. The first-order chi connectivity index (χ1) is 14.2. The Labute approximate surface area is 183 Å². The Morgan fingerprint density at radius 1 is 1.27 bits per heavy atom. The predicted molar refractivity (Wildman–Crippen MR) is 112 cm³/mol. The summed E-state index contributed by atoms with van der Waals surface area (Å²) in [5, 5.41) is 7.67. The summed E-state index contributed by atoms with van der Waals surface area (Å²) in [6.07, 6.45) is -3.06. The van der Waals surface area contributed by atoms with Gasteiger partial charge in [0.15, 0.2) is 5.75 Å². The molecule has 158 valence electrons. The van der Waals surface area contributed by atoms with Gasteiger partial charge in [-0.25, -0.2) is 0 Å². The third-order valence-electron chi connectivity index (χ3n) is 4.19. The molecule has 0 atom stereocenters. The van der Waals surface area contributed by atoms with Gasteiger partial charge in [-0.3, -0.25) is 9.48 Å². The van der Waals surface area contributed by atoms with Crippen molar-refractivity contribution in [1.82, 2.24) is 9.78 Å². The molecule has 1 aromatic heterocycles. The first-order valence-corrected chi connectivity index (χ1v) is 10.2. The lowest BCUT2D eigenvalue weighted by atomic mass is 10.1. The SMILES string of the molecule is Cn1ncc(Cl)c1-c1cccc(NC(=O)c2cccc(C(F)(F)F)c2)c1OCCBr. The van der Waals surface area contributed by atoms with E-state index in [9.17, 15) is 18.0 Å². The van der Waals surface area contributed by atoms with Crippen LogP contribution in [0, 0.1) is 0 Å². The fourth-order valence-corrected chi connectivity index (χ4v) is 3.29. The summed E-state index contributed by atoms with van der Waals surface area (Å²) in [5.41, 5.74) is 0.439. The summed E-state index contributed by atoms with van der Waals surface area (Å²) in [6.45, 7) is 0.291. The molecule has 0 aliphatic rings. The molecule has 1 amide bonds. The van der Waals surface area contributed by atoms with Crippen LogP contribution in [0.2, 0.25) is 5.02 Å². The summed E-state index contributed by atoms with van der Waals surface area (Å²) in [4.78, 5) is 12.7. The van der Waals surface area contributed by atoms with E-state index in [-0.39, 0.29) is 5.56 Å². The van der Waals surface area contributed by atoms with E-state index < -0.39 is 17.6 Å². The number of amides is 1. The van der Waals surface area contributed by atoms with E-state index in [0.717, 1.165) is 12.1 Å². The molecule has 0 unspecified atom stereocenters. The molecule has 10 heteroatoms. The highest BCUT2D eigenvalue weighted by Crippen LogP contribution is 2.39. The summed E-state index contributed by atoms with van der Waals surface area (Å²) in [7, 11) is 1.71. The molecular weight excluding hydrogens is 487 g/mol. The average Bonchev–Trinajstić information content (AvgIpc) is 3.04. The van der Waals surface area contributed by atoms with Crippen molar-refractivity contribution >= 4 is 39.1 Å². The molecule has 0 fully saturated rings. The number of aryl methyl sites for hydroxylation is 1. The normalized spacial score (nSPS) is 11.4. The van der Waals surface area contributed by atoms with Gasteiger partial charge in [0.2, 0.25) is 0 Å². The number of nitrogens with zero attached hydrogens (tertiary/aromatic N) is 2. The fourth-order valence-electron chi connectivity index (χ4n) is 2.86. The van der Waals surface area contributed by atoms with Gasteiger partial charge >= 0.3 is 6.18 Å². The van der Waals surface area contributed by atoms with Gasteiger partial charge in [0.25, 0.3) is 5.91 Å². The highest BCUT2D eigenvalue weighted by Gasteiger charge is 2.31. The molecule has 1 N–H and O–H groups in total. The maximum absolute atomic E-state index is 13.0. The average molecular weight is 503 g/mol. The maximum atomic E-state index is 13.0. The first-order valence-electron chi connectivity index (χ1n) is 8.70. The quantitative estimate of drug-likeness (QED) is 0.435. The molecule has 30 heavy (non-hydrogen) atoms. The van der Waals surface area contributed by atoms with Crippen molar-refractivity contribution in [2.24, 2.45) is 7.05 Å². The monoisotopic (exact) mass is 501 g/mol. The second-order valence-electron chi connectivity index (χ2n) is 6.22. The Morgan fingerprint density at radius 3 is 2.63 bits per heavy atom. The molecule has 0 radical (unpaired) electrons. The van der Waals surface area contributed by atoms with Crippen LogP contribution in [0.5, 0.6) is 5.75 Å². The maximum Gasteiger partial charge on any atom is 0.416 e. The van der Waals surface area contributed by atoms with Gasteiger partial charge < -0.3 is 10.1 Å². The number of halogens is 5. The smallest absolute Gasteiger partial charge is 0.416 e. The number of nitrogens with one attached hydrogen (secondary N) is 1. The molecular formula is C20H16BrClF3N3O2. The molecule has 0 aliphatic carbocycles. The zero-order valence-electron chi connectivity index (χ0n) is 15.6. The highest BCUT2D eigenvalue weighted by molar-refractivity contribution is 9.09. The van der Waals surface area contributed by atoms with Crippen molar-refractivity contribution in [3.8, 4) is 17.0 Å². The van der Waals surface area contributed by atoms with Crippen LogP contribution < -0.4 is 10.1 Å². The number of benzene rings is 2. The van der Waals surface area contributed by atoms with Gasteiger partial charge in [0.05, 0.1) is 34.8 Å². The number of carbonyl (C=O) groups is 1. The Balaban J connectivity index is 2.00. The molecule has 0 saturated heterocycles. The minimum Gasteiger partial charge on any atom is -0.490 e. The number of rotatable bonds is 6. The first kappa shape index (κ1) is 22.2. The lowest BCUT2D eigenvalue weighted by molar-refractivity contribution is -0.137.